The highest BCUT2D eigenvalue weighted by atomic mass is 35.5. The van der Waals surface area contributed by atoms with Gasteiger partial charge in [-0.1, -0.05) is 6.07 Å². The third-order valence-electron chi connectivity index (χ3n) is 2.80. The number of halogens is 1. The minimum Gasteiger partial charge on any atom is -0.490 e. The van der Waals surface area contributed by atoms with Gasteiger partial charge < -0.3 is 9.47 Å². The van der Waals surface area contributed by atoms with Crippen LogP contribution in [-0.4, -0.2) is 11.6 Å². The van der Waals surface area contributed by atoms with Gasteiger partial charge in [0.1, 0.15) is 18.4 Å². The minimum atomic E-state index is 0.345. The second-order valence-corrected chi connectivity index (χ2v) is 4.56. The van der Waals surface area contributed by atoms with Crippen LogP contribution in [-0.2, 0) is 12.5 Å². The van der Waals surface area contributed by atoms with E-state index >= 15 is 0 Å². The molecule has 0 aliphatic carbocycles. The SMILES string of the molecule is CCOc1cc(CCl)ccc1OCc1ccnc(C#N)c1. The van der Waals surface area contributed by atoms with E-state index in [9.17, 15) is 0 Å². The molecule has 0 aliphatic heterocycles. The monoisotopic (exact) mass is 302 g/mol. The summed E-state index contributed by atoms with van der Waals surface area (Å²) in [7, 11) is 0. The number of nitrogens with zero attached hydrogens (tertiary/aromatic N) is 2. The predicted molar refractivity (Wildman–Crippen MR) is 80.5 cm³/mol. The fraction of sp³-hybridized carbons (Fsp3) is 0.250. The van der Waals surface area contributed by atoms with E-state index in [1.54, 1.807) is 12.3 Å². The lowest BCUT2D eigenvalue weighted by molar-refractivity contribution is 0.269. The van der Waals surface area contributed by atoms with Crippen molar-refractivity contribution in [1.82, 2.24) is 4.98 Å². The van der Waals surface area contributed by atoms with E-state index in [1.807, 2.05) is 37.3 Å². The number of hydrogen-bond donors (Lipinski definition) is 0. The Labute approximate surface area is 128 Å². The number of benzene rings is 1. The molecule has 0 saturated carbocycles. The predicted octanol–water partition coefficient (Wildman–Crippen LogP) is 3.67. The van der Waals surface area contributed by atoms with Gasteiger partial charge in [-0.15, -0.1) is 11.6 Å². The summed E-state index contributed by atoms with van der Waals surface area (Å²) < 4.78 is 11.3. The van der Waals surface area contributed by atoms with Crippen molar-refractivity contribution >= 4 is 11.6 Å². The maximum Gasteiger partial charge on any atom is 0.161 e. The van der Waals surface area contributed by atoms with E-state index in [-0.39, 0.29) is 0 Å². The molecule has 0 radical (unpaired) electrons. The minimum absolute atomic E-state index is 0.345. The van der Waals surface area contributed by atoms with Crippen LogP contribution in [0.5, 0.6) is 11.5 Å². The van der Waals surface area contributed by atoms with Crippen molar-refractivity contribution in [3.63, 3.8) is 0 Å². The van der Waals surface area contributed by atoms with Gasteiger partial charge in [0.25, 0.3) is 0 Å². The molecule has 1 aromatic carbocycles. The van der Waals surface area contributed by atoms with Gasteiger partial charge in [-0.3, -0.25) is 0 Å². The Balaban J connectivity index is 2.13. The van der Waals surface area contributed by atoms with Gasteiger partial charge in [0.15, 0.2) is 11.5 Å². The summed E-state index contributed by atoms with van der Waals surface area (Å²) in [5, 5.41) is 8.83. The fourth-order valence-electron chi connectivity index (χ4n) is 1.81. The van der Waals surface area contributed by atoms with E-state index in [2.05, 4.69) is 4.98 Å². The molecular weight excluding hydrogens is 288 g/mol. The first-order chi connectivity index (χ1) is 10.3. The van der Waals surface area contributed by atoms with E-state index < -0.39 is 0 Å². The van der Waals surface area contributed by atoms with Crippen LogP contribution in [0.3, 0.4) is 0 Å². The Bertz CT molecular complexity index is 653. The van der Waals surface area contributed by atoms with Crippen LogP contribution >= 0.6 is 11.6 Å². The van der Waals surface area contributed by atoms with Crippen LogP contribution in [0.4, 0.5) is 0 Å². The Hall–Kier alpha value is -2.25. The molecule has 108 valence electrons. The summed E-state index contributed by atoms with van der Waals surface area (Å²) in [6.07, 6.45) is 1.59. The first kappa shape index (κ1) is 15.1. The molecule has 2 rings (SSSR count). The van der Waals surface area contributed by atoms with Crippen molar-refractivity contribution in [3.8, 4) is 17.6 Å². The van der Waals surface area contributed by atoms with Crippen LogP contribution in [0, 0.1) is 11.3 Å². The van der Waals surface area contributed by atoms with Crippen LogP contribution in [0.25, 0.3) is 0 Å². The lowest BCUT2D eigenvalue weighted by Gasteiger charge is -2.13. The highest BCUT2D eigenvalue weighted by Crippen LogP contribution is 2.29. The summed E-state index contributed by atoms with van der Waals surface area (Å²) in [6.45, 7) is 2.81. The van der Waals surface area contributed by atoms with Gasteiger partial charge >= 0.3 is 0 Å². The van der Waals surface area contributed by atoms with Gasteiger partial charge in [0.05, 0.1) is 6.61 Å². The van der Waals surface area contributed by atoms with Crippen molar-refractivity contribution in [1.29, 1.82) is 5.26 Å². The van der Waals surface area contributed by atoms with E-state index in [0.717, 1.165) is 11.1 Å². The molecule has 1 heterocycles. The van der Waals surface area contributed by atoms with Gasteiger partial charge in [-0.25, -0.2) is 4.98 Å². The summed E-state index contributed by atoms with van der Waals surface area (Å²) in [5.74, 6) is 1.75. The van der Waals surface area contributed by atoms with E-state index in [4.69, 9.17) is 26.3 Å². The van der Waals surface area contributed by atoms with Crippen LogP contribution < -0.4 is 9.47 Å². The van der Waals surface area contributed by atoms with Gasteiger partial charge in [0, 0.05) is 12.1 Å². The second-order valence-electron chi connectivity index (χ2n) is 4.30. The van der Waals surface area contributed by atoms with Crippen molar-refractivity contribution < 1.29 is 9.47 Å². The lowest BCUT2D eigenvalue weighted by atomic mass is 10.2. The molecule has 5 heteroatoms. The number of hydrogen-bond acceptors (Lipinski definition) is 4. The van der Waals surface area contributed by atoms with Crippen molar-refractivity contribution in [2.45, 2.75) is 19.4 Å². The Morgan fingerprint density at radius 3 is 2.71 bits per heavy atom. The standard InChI is InChI=1S/C16H15ClN2O2/c1-2-20-16-8-12(9-17)3-4-15(16)21-11-13-5-6-19-14(7-13)10-18/h3-8H,2,9,11H2,1H3. The molecule has 0 N–H and O–H groups in total. The number of aromatic nitrogens is 1. The van der Waals surface area contributed by atoms with Gasteiger partial charge in [-0.05, 0) is 42.3 Å². The highest BCUT2D eigenvalue weighted by Gasteiger charge is 2.07. The molecule has 0 fully saturated rings. The molecule has 0 bridgehead atoms. The molecule has 0 spiro atoms. The number of nitriles is 1. The smallest absolute Gasteiger partial charge is 0.161 e. The zero-order chi connectivity index (χ0) is 15.1. The van der Waals surface area contributed by atoms with E-state index in [0.29, 0.717) is 36.3 Å². The third kappa shape index (κ3) is 4.11. The van der Waals surface area contributed by atoms with Crippen molar-refractivity contribution in [2.24, 2.45) is 0 Å². The number of pyridine rings is 1. The molecule has 21 heavy (non-hydrogen) atoms. The van der Waals surface area contributed by atoms with Crippen LogP contribution in [0.1, 0.15) is 23.7 Å². The molecule has 1 aromatic heterocycles. The average molecular weight is 303 g/mol. The van der Waals surface area contributed by atoms with Gasteiger partial charge in [0.2, 0.25) is 0 Å². The third-order valence-corrected chi connectivity index (χ3v) is 3.10. The summed E-state index contributed by atoms with van der Waals surface area (Å²) in [5.41, 5.74) is 2.23. The normalized spacial score (nSPS) is 9.95. The topological polar surface area (TPSA) is 55.1 Å². The summed E-state index contributed by atoms with van der Waals surface area (Å²) in [4.78, 5) is 3.93. The van der Waals surface area contributed by atoms with E-state index in [1.165, 1.54) is 0 Å². The molecular formula is C16H15ClN2O2. The van der Waals surface area contributed by atoms with Crippen molar-refractivity contribution in [3.05, 3.63) is 53.3 Å². The second kappa shape index (κ2) is 7.51. The first-order valence-corrected chi connectivity index (χ1v) is 7.09. The highest BCUT2D eigenvalue weighted by molar-refractivity contribution is 6.17. The quantitative estimate of drug-likeness (QED) is 0.764. The maximum atomic E-state index is 8.83. The Kier molecular flexibility index (Phi) is 5.42. The molecule has 0 aliphatic rings. The summed E-state index contributed by atoms with van der Waals surface area (Å²) >= 11 is 5.82. The average Bonchev–Trinajstić information content (AvgIpc) is 2.54. The lowest BCUT2D eigenvalue weighted by Crippen LogP contribution is -2.01. The molecule has 0 atom stereocenters. The first-order valence-electron chi connectivity index (χ1n) is 6.56. The Morgan fingerprint density at radius 1 is 1.14 bits per heavy atom. The van der Waals surface area contributed by atoms with Crippen LogP contribution in [0.15, 0.2) is 36.5 Å². The van der Waals surface area contributed by atoms with Crippen LogP contribution in [0.2, 0.25) is 0 Å². The largest absolute Gasteiger partial charge is 0.490 e. The molecule has 4 nitrogen and oxygen atoms in total. The van der Waals surface area contributed by atoms with Crippen molar-refractivity contribution in [2.75, 3.05) is 6.61 Å². The number of alkyl halides is 1. The number of ether oxygens (including phenoxy) is 2. The molecule has 0 amide bonds. The molecule has 0 unspecified atom stereocenters. The fourth-order valence-corrected chi connectivity index (χ4v) is 1.98. The molecule has 2 aromatic rings. The van der Waals surface area contributed by atoms with Gasteiger partial charge in [-0.2, -0.15) is 5.26 Å². The molecule has 0 saturated heterocycles. The Morgan fingerprint density at radius 2 is 2.00 bits per heavy atom. The zero-order valence-corrected chi connectivity index (χ0v) is 12.4. The number of rotatable bonds is 6. The zero-order valence-electron chi connectivity index (χ0n) is 11.7. The maximum absolute atomic E-state index is 8.83. The summed E-state index contributed by atoms with van der Waals surface area (Å²) in [6, 6.07) is 11.1.